The molecule has 7 nitrogen and oxygen atoms in total. The highest BCUT2D eigenvalue weighted by atomic mass is 16.5. The summed E-state index contributed by atoms with van der Waals surface area (Å²) in [5.74, 6) is 2.08. The van der Waals surface area contributed by atoms with E-state index in [4.69, 9.17) is 14.0 Å². The lowest BCUT2D eigenvalue weighted by Gasteiger charge is -2.37. The molecule has 2 heterocycles. The summed E-state index contributed by atoms with van der Waals surface area (Å²) in [5.41, 5.74) is 0.649. The van der Waals surface area contributed by atoms with Crippen LogP contribution >= 0.6 is 0 Å². The second-order valence-electron chi connectivity index (χ2n) is 5.43. The summed E-state index contributed by atoms with van der Waals surface area (Å²) in [5, 5.41) is 3.92. The molecule has 0 aliphatic carbocycles. The average molecular weight is 317 g/mol. The van der Waals surface area contributed by atoms with Crippen LogP contribution in [0.15, 0.2) is 28.8 Å². The van der Waals surface area contributed by atoms with Crippen molar-refractivity contribution in [2.75, 3.05) is 33.9 Å². The molecule has 7 heteroatoms. The number of hydrogen-bond donors (Lipinski definition) is 0. The molecule has 1 aliphatic rings. The van der Waals surface area contributed by atoms with Crippen LogP contribution in [0.3, 0.4) is 0 Å². The van der Waals surface area contributed by atoms with Crippen LogP contribution in [0.2, 0.25) is 0 Å². The van der Waals surface area contributed by atoms with Crippen LogP contribution in [0.4, 0.5) is 0 Å². The minimum atomic E-state index is 0.00280. The number of methoxy groups -OCH3 is 2. The van der Waals surface area contributed by atoms with E-state index in [9.17, 15) is 4.79 Å². The van der Waals surface area contributed by atoms with Gasteiger partial charge in [-0.1, -0.05) is 5.16 Å². The molecule has 2 aromatic rings. The first-order valence-corrected chi connectivity index (χ1v) is 7.46. The number of benzene rings is 1. The van der Waals surface area contributed by atoms with Crippen LogP contribution in [-0.4, -0.2) is 54.9 Å². The van der Waals surface area contributed by atoms with Crippen molar-refractivity contribution in [3.05, 3.63) is 41.5 Å². The summed E-state index contributed by atoms with van der Waals surface area (Å²) >= 11 is 0. The highest BCUT2D eigenvalue weighted by Gasteiger charge is 2.35. The second-order valence-corrected chi connectivity index (χ2v) is 5.43. The normalized spacial score (nSPS) is 14.6. The second kappa shape index (κ2) is 6.78. The molecule has 1 aromatic heterocycles. The lowest BCUT2D eigenvalue weighted by atomic mass is 9.98. The van der Waals surface area contributed by atoms with E-state index in [0.29, 0.717) is 43.4 Å². The molecule has 0 spiro atoms. The van der Waals surface area contributed by atoms with E-state index in [2.05, 4.69) is 10.1 Å². The molecule has 1 fully saturated rings. The van der Waals surface area contributed by atoms with Crippen molar-refractivity contribution in [2.24, 2.45) is 0 Å². The van der Waals surface area contributed by atoms with Crippen molar-refractivity contribution in [3.8, 4) is 5.75 Å². The third kappa shape index (κ3) is 3.34. The standard InChI is InChI=1S/C16H19N3O4/c1-21-8-7-14-17-15(23-18-14)12-9-19(10-12)16(20)11-3-5-13(22-2)6-4-11/h3-6,12H,7-10H2,1-2H3. The Morgan fingerprint density at radius 3 is 2.70 bits per heavy atom. The maximum absolute atomic E-state index is 12.4. The van der Waals surface area contributed by atoms with Gasteiger partial charge < -0.3 is 18.9 Å². The Labute approximate surface area is 134 Å². The van der Waals surface area contributed by atoms with Crippen LogP contribution in [0, 0.1) is 0 Å². The fraction of sp³-hybridized carbons (Fsp3) is 0.438. The van der Waals surface area contributed by atoms with Crippen molar-refractivity contribution in [1.82, 2.24) is 15.0 Å². The zero-order valence-corrected chi connectivity index (χ0v) is 13.2. The van der Waals surface area contributed by atoms with Crippen LogP contribution in [0.1, 0.15) is 28.0 Å². The van der Waals surface area contributed by atoms with Gasteiger partial charge >= 0.3 is 0 Å². The van der Waals surface area contributed by atoms with Crippen molar-refractivity contribution < 1.29 is 18.8 Å². The summed E-state index contributed by atoms with van der Waals surface area (Å²) < 4.78 is 15.3. The number of aromatic nitrogens is 2. The van der Waals surface area contributed by atoms with Gasteiger partial charge in [0.2, 0.25) is 5.89 Å². The third-order valence-corrected chi connectivity index (χ3v) is 3.87. The van der Waals surface area contributed by atoms with Gasteiger partial charge in [0.05, 0.1) is 19.6 Å². The number of amides is 1. The molecule has 1 aromatic carbocycles. The molecule has 0 bridgehead atoms. The summed E-state index contributed by atoms with van der Waals surface area (Å²) in [6.45, 7) is 1.75. The van der Waals surface area contributed by atoms with Gasteiger partial charge in [0.1, 0.15) is 5.75 Å². The molecule has 3 rings (SSSR count). The molecule has 1 aliphatic heterocycles. The van der Waals surface area contributed by atoms with Gasteiger partial charge in [0.15, 0.2) is 5.82 Å². The number of carbonyl (C=O) groups excluding carboxylic acids is 1. The summed E-state index contributed by atoms with van der Waals surface area (Å²) in [4.78, 5) is 18.5. The minimum absolute atomic E-state index is 0.00280. The first-order valence-electron chi connectivity index (χ1n) is 7.46. The lowest BCUT2D eigenvalue weighted by molar-refractivity contribution is 0.0569. The van der Waals surface area contributed by atoms with E-state index < -0.39 is 0 Å². The Balaban J connectivity index is 1.55. The Bertz CT molecular complexity index is 662. The number of ether oxygens (including phenoxy) is 2. The quantitative estimate of drug-likeness (QED) is 0.803. The van der Waals surface area contributed by atoms with Gasteiger partial charge in [-0.15, -0.1) is 0 Å². The maximum atomic E-state index is 12.4. The molecule has 1 saturated heterocycles. The van der Waals surface area contributed by atoms with E-state index >= 15 is 0 Å². The van der Waals surface area contributed by atoms with Gasteiger partial charge in [0, 0.05) is 32.2 Å². The first-order chi connectivity index (χ1) is 11.2. The van der Waals surface area contributed by atoms with E-state index in [-0.39, 0.29) is 11.8 Å². The first kappa shape index (κ1) is 15.5. The molecule has 0 unspecified atom stereocenters. The minimum Gasteiger partial charge on any atom is -0.497 e. The van der Waals surface area contributed by atoms with E-state index in [1.165, 1.54) is 0 Å². The van der Waals surface area contributed by atoms with Gasteiger partial charge in [0.25, 0.3) is 5.91 Å². The van der Waals surface area contributed by atoms with Crippen LogP contribution in [-0.2, 0) is 11.2 Å². The van der Waals surface area contributed by atoms with Crippen LogP contribution in [0.5, 0.6) is 5.75 Å². The molecule has 23 heavy (non-hydrogen) atoms. The Morgan fingerprint density at radius 2 is 2.04 bits per heavy atom. The molecule has 122 valence electrons. The van der Waals surface area contributed by atoms with E-state index in [0.717, 1.165) is 5.75 Å². The van der Waals surface area contributed by atoms with Crippen LogP contribution in [0.25, 0.3) is 0 Å². The predicted octanol–water partition coefficient (Wildman–Crippen LogP) is 1.51. The molecular formula is C16H19N3O4. The topological polar surface area (TPSA) is 77.7 Å². The highest BCUT2D eigenvalue weighted by Crippen LogP contribution is 2.27. The van der Waals surface area contributed by atoms with Crippen molar-refractivity contribution in [1.29, 1.82) is 0 Å². The highest BCUT2D eigenvalue weighted by molar-refractivity contribution is 5.95. The number of likely N-dealkylation sites (tertiary alicyclic amines) is 1. The van der Waals surface area contributed by atoms with Crippen molar-refractivity contribution >= 4 is 5.91 Å². The van der Waals surface area contributed by atoms with Gasteiger partial charge in [-0.25, -0.2) is 0 Å². The van der Waals surface area contributed by atoms with Gasteiger partial charge in [-0.05, 0) is 24.3 Å². The Morgan fingerprint density at radius 1 is 1.30 bits per heavy atom. The van der Waals surface area contributed by atoms with E-state index in [1.807, 2.05) is 0 Å². The van der Waals surface area contributed by atoms with Crippen LogP contribution < -0.4 is 4.74 Å². The zero-order valence-electron chi connectivity index (χ0n) is 13.2. The summed E-state index contributed by atoms with van der Waals surface area (Å²) in [6.07, 6.45) is 0.626. The molecule has 0 saturated carbocycles. The fourth-order valence-electron chi connectivity index (χ4n) is 2.44. The number of hydrogen-bond acceptors (Lipinski definition) is 6. The molecule has 0 atom stereocenters. The maximum Gasteiger partial charge on any atom is 0.253 e. The third-order valence-electron chi connectivity index (χ3n) is 3.87. The summed E-state index contributed by atoms with van der Waals surface area (Å²) in [7, 11) is 3.23. The number of rotatable bonds is 6. The van der Waals surface area contributed by atoms with E-state index in [1.54, 1.807) is 43.4 Å². The average Bonchev–Trinajstić information content (AvgIpc) is 3.00. The van der Waals surface area contributed by atoms with Crippen molar-refractivity contribution in [2.45, 2.75) is 12.3 Å². The molecular weight excluding hydrogens is 298 g/mol. The zero-order chi connectivity index (χ0) is 16.2. The molecule has 0 N–H and O–H groups in total. The smallest absolute Gasteiger partial charge is 0.253 e. The summed E-state index contributed by atoms with van der Waals surface area (Å²) in [6, 6.07) is 7.10. The monoisotopic (exact) mass is 317 g/mol. The molecule has 0 radical (unpaired) electrons. The number of carbonyl (C=O) groups is 1. The van der Waals surface area contributed by atoms with Gasteiger partial charge in [-0.2, -0.15) is 4.98 Å². The predicted molar refractivity (Wildman–Crippen MR) is 81.5 cm³/mol. The molecule has 1 amide bonds. The largest absolute Gasteiger partial charge is 0.497 e. The SMILES string of the molecule is COCCc1noc(C2CN(C(=O)c3ccc(OC)cc3)C2)n1. The Hall–Kier alpha value is -2.41. The van der Waals surface area contributed by atoms with Gasteiger partial charge in [-0.3, -0.25) is 4.79 Å². The Kier molecular flexibility index (Phi) is 4.57. The lowest BCUT2D eigenvalue weighted by Crippen LogP contribution is -2.48. The number of nitrogens with zero attached hydrogens (tertiary/aromatic N) is 3. The fourth-order valence-corrected chi connectivity index (χ4v) is 2.44. The van der Waals surface area contributed by atoms with Crippen molar-refractivity contribution in [3.63, 3.8) is 0 Å².